The van der Waals surface area contributed by atoms with Gasteiger partial charge in [0.15, 0.2) is 11.5 Å². The first-order valence-corrected chi connectivity index (χ1v) is 6.20. The van der Waals surface area contributed by atoms with Crippen LogP contribution < -0.4 is 9.47 Å². The number of carboxylic acids is 1. The lowest BCUT2D eigenvalue weighted by atomic mass is 10.1. The monoisotopic (exact) mass is 352 g/mol. The Morgan fingerprint density at radius 3 is 2.44 bits per heavy atom. The van der Waals surface area contributed by atoms with Crippen molar-refractivity contribution in [2.24, 2.45) is 0 Å². The number of hydrogen-bond donors (Lipinski definition) is 1. The quantitative estimate of drug-likeness (QED) is 0.845. The molecule has 0 fully saturated rings. The average Bonchev–Trinajstić information content (AvgIpc) is 2.27. The predicted molar refractivity (Wildman–Crippen MR) is 66.8 cm³/mol. The van der Waals surface area contributed by atoms with Crippen molar-refractivity contribution in [3.63, 3.8) is 0 Å². The first kappa shape index (κ1) is 13.3. The van der Waals surface area contributed by atoms with Crippen molar-refractivity contribution in [1.82, 2.24) is 0 Å². The number of carbonyl (C=O) groups is 1. The Hall–Kier alpha value is -0.750. The number of benzene rings is 1. The molecule has 0 amide bonds. The number of hydrogen-bond acceptors (Lipinski definition) is 3. The lowest BCUT2D eigenvalue weighted by Gasteiger charge is -2.14. The molecule has 0 heterocycles. The summed E-state index contributed by atoms with van der Waals surface area (Å²) >= 11 is 6.56. The van der Waals surface area contributed by atoms with E-state index in [0.29, 0.717) is 26.9 Å². The molecule has 1 N–H and O–H groups in total. The fraction of sp³-hybridized carbons (Fsp3) is 0.300. The summed E-state index contributed by atoms with van der Waals surface area (Å²) in [7, 11) is 2.96. The molecule has 0 bridgehead atoms. The van der Waals surface area contributed by atoms with Crippen LogP contribution in [0.2, 0.25) is 0 Å². The molecule has 4 nitrogen and oxygen atoms in total. The zero-order chi connectivity index (χ0) is 12.3. The van der Waals surface area contributed by atoms with Gasteiger partial charge < -0.3 is 14.6 Å². The smallest absolute Gasteiger partial charge is 0.336 e. The van der Waals surface area contributed by atoms with E-state index in [1.165, 1.54) is 20.3 Å². The van der Waals surface area contributed by atoms with Crippen molar-refractivity contribution in [2.75, 3.05) is 14.2 Å². The second kappa shape index (κ2) is 5.54. The highest BCUT2D eigenvalue weighted by atomic mass is 79.9. The maximum absolute atomic E-state index is 11.1. The molecular formula is C10H10Br2O4. The summed E-state index contributed by atoms with van der Waals surface area (Å²) < 4.78 is 10.8. The summed E-state index contributed by atoms with van der Waals surface area (Å²) in [5.74, 6) is -0.130. The summed E-state index contributed by atoms with van der Waals surface area (Å²) in [4.78, 5) is 11.1. The zero-order valence-electron chi connectivity index (χ0n) is 8.71. The third-order valence-electron chi connectivity index (χ3n) is 2.08. The summed E-state index contributed by atoms with van der Waals surface area (Å²) in [6, 6.07) is 1.45. The van der Waals surface area contributed by atoms with Gasteiger partial charge in [-0.05, 0) is 27.6 Å². The minimum absolute atomic E-state index is 0.182. The molecule has 0 atom stereocenters. The Morgan fingerprint density at radius 1 is 1.44 bits per heavy atom. The van der Waals surface area contributed by atoms with Gasteiger partial charge in [-0.25, -0.2) is 4.79 Å². The summed E-state index contributed by atoms with van der Waals surface area (Å²) in [6.07, 6.45) is 0. The third kappa shape index (κ3) is 2.32. The number of aromatic carboxylic acids is 1. The molecule has 1 aromatic rings. The van der Waals surface area contributed by atoms with Crippen molar-refractivity contribution in [3.8, 4) is 11.5 Å². The van der Waals surface area contributed by atoms with Crippen LogP contribution in [0.1, 0.15) is 15.9 Å². The van der Waals surface area contributed by atoms with Gasteiger partial charge in [0.05, 0.1) is 24.3 Å². The lowest BCUT2D eigenvalue weighted by molar-refractivity contribution is 0.0695. The van der Waals surface area contributed by atoms with Crippen LogP contribution in [0, 0.1) is 0 Å². The van der Waals surface area contributed by atoms with E-state index in [1.807, 2.05) is 0 Å². The van der Waals surface area contributed by atoms with E-state index in [4.69, 9.17) is 14.6 Å². The number of halogens is 2. The second-order valence-corrected chi connectivity index (χ2v) is 4.24. The van der Waals surface area contributed by atoms with E-state index in [9.17, 15) is 4.79 Å². The van der Waals surface area contributed by atoms with Crippen LogP contribution in [0.4, 0.5) is 0 Å². The van der Waals surface area contributed by atoms with Crippen LogP contribution in [-0.4, -0.2) is 25.3 Å². The Balaban J connectivity index is 3.54. The van der Waals surface area contributed by atoms with Gasteiger partial charge in [0, 0.05) is 5.33 Å². The maximum Gasteiger partial charge on any atom is 0.336 e. The summed E-state index contributed by atoms with van der Waals surface area (Å²) in [5, 5.41) is 9.48. The first-order valence-electron chi connectivity index (χ1n) is 4.29. The molecule has 0 radical (unpaired) electrons. The van der Waals surface area contributed by atoms with E-state index >= 15 is 0 Å². The molecule has 16 heavy (non-hydrogen) atoms. The van der Waals surface area contributed by atoms with Crippen LogP contribution in [0.25, 0.3) is 0 Å². The molecule has 0 aliphatic carbocycles. The average molecular weight is 354 g/mol. The first-order chi connectivity index (χ1) is 7.56. The highest BCUT2D eigenvalue weighted by molar-refractivity contribution is 9.11. The largest absolute Gasteiger partial charge is 0.493 e. The van der Waals surface area contributed by atoms with Crippen LogP contribution >= 0.6 is 31.9 Å². The van der Waals surface area contributed by atoms with Crippen LogP contribution in [0.3, 0.4) is 0 Å². The minimum Gasteiger partial charge on any atom is -0.493 e. The minimum atomic E-state index is -1.00. The molecule has 6 heteroatoms. The van der Waals surface area contributed by atoms with Gasteiger partial charge in [0.1, 0.15) is 0 Å². The highest BCUT2D eigenvalue weighted by Gasteiger charge is 2.20. The molecule has 1 rings (SSSR count). The lowest BCUT2D eigenvalue weighted by Crippen LogP contribution is -2.05. The molecular weight excluding hydrogens is 344 g/mol. The Kier molecular flexibility index (Phi) is 4.61. The van der Waals surface area contributed by atoms with Crippen LogP contribution in [0.15, 0.2) is 10.5 Å². The maximum atomic E-state index is 11.1. The van der Waals surface area contributed by atoms with Gasteiger partial charge >= 0.3 is 5.97 Å². The molecule has 0 saturated heterocycles. The number of rotatable bonds is 4. The Bertz CT molecular complexity index is 418. The number of methoxy groups -OCH3 is 2. The fourth-order valence-corrected chi connectivity index (χ4v) is 2.98. The van der Waals surface area contributed by atoms with Gasteiger partial charge in [-0.3, -0.25) is 0 Å². The Morgan fingerprint density at radius 2 is 2.06 bits per heavy atom. The summed E-state index contributed by atoms with van der Waals surface area (Å²) in [5.41, 5.74) is 0.798. The molecule has 0 aromatic heterocycles. The van der Waals surface area contributed by atoms with Crippen LogP contribution in [-0.2, 0) is 5.33 Å². The van der Waals surface area contributed by atoms with Crippen LogP contribution in [0.5, 0.6) is 11.5 Å². The SMILES string of the molecule is COc1cc(C(=O)O)c(CBr)c(Br)c1OC. The Labute approximate surface area is 110 Å². The molecule has 0 spiro atoms. The molecule has 0 unspecified atom stereocenters. The fourth-order valence-electron chi connectivity index (χ4n) is 1.31. The topological polar surface area (TPSA) is 55.8 Å². The van der Waals surface area contributed by atoms with Gasteiger partial charge in [-0.15, -0.1) is 0 Å². The third-order valence-corrected chi connectivity index (χ3v) is 3.48. The van der Waals surface area contributed by atoms with Gasteiger partial charge in [0.2, 0.25) is 0 Å². The molecule has 88 valence electrons. The standard InChI is InChI=1S/C10H10Br2O4/c1-15-7-3-5(10(13)14)6(4-11)8(12)9(7)16-2/h3H,4H2,1-2H3,(H,13,14). The van der Waals surface area contributed by atoms with E-state index in [1.54, 1.807) is 0 Å². The van der Waals surface area contributed by atoms with Crippen molar-refractivity contribution >= 4 is 37.8 Å². The molecule has 0 aliphatic rings. The number of ether oxygens (including phenoxy) is 2. The van der Waals surface area contributed by atoms with E-state index in [2.05, 4.69) is 31.9 Å². The van der Waals surface area contributed by atoms with Gasteiger partial charge in [0.25, 0.3) is 0 Å². The van der Waals surface area contributed by atoms with Crippen molar-refractivity contribution in [2.45, 2.75) is 5.33 Å². The van der Waals surface area contributed by atoms with Crippen molar-refractivity contribution in [3.05, 3.63) is 21.7 Å². The number of carboxylic acid groups (broad SMARTS) is 1. The van der Waals surface area contributed by atoms with E-state index < -0.39 is 5.97 Å². The van der Waals surface area contributed by atoms with Crippen molar-refractivity contribution < 1.29 is 19.4 Å². The van der Waals surface area contributed by atoms with E-state index in [-0.39, 0.29) is 5.56 Å². The van der Waals surface area contributed by atoms with Gasteiger partial charge in [-0.1, -0.05) is 15.9 Å². The van der Waals surface area contributed by atoms with Crippen molar-refractivity contribution in [1.29, 1.82) is 0 Å². The summed E-state index contributed by atoms with van der Waals surface area (Å²) in [6.45, 7) is 0. The second-order valence-electron chi connectivity index (χ2n) is 2.89. The predicted octanol–water partition coefficient (Wildman–Crippen LogP) is 3.06. The highest BCUT2D eigenvalue weighted by Crippen LogP contribution is 2.40. The molecule has 0 aliphatic heterocycles. The van der Waals surface area contributed by atoms with Gasteiger partial charge in [-0.2, -0.15) is 0 Å². The zero-order valence-corrected chi connectivity index (χ0v) is 11.9. The molecule has 0 saturated carbocycles. The molecule has 1 aromatic carbocycles. The normalized spacial score (nSPS) is 10.0. The van der Waals surface area contributed by atoms with E-state index in [0.717, 1.165) is 0 Å². The number of alkyl halides is 1.